The van der Waals surface area contributed by atoms with Gasteiger partial charge in [-0.1, -0.05) is 18.0 Å². The van der Waals surface area contributed by atoms with Crippen LogP contribution < -0.4 is 11.1 Å². The maximum atomic E-state index is 12.3. The minimum absolute atomic E-state index is 0. The summed E-state index contributed by atoms with van der Waals surface area (Å²) in [5.41, 5.74) is 7.72. The topological polar surface area (TPSA) is 68.0 Å². The van der Waals surface area contributed by atoms with Gasteiger partial charge in [0.15, 0.2) is 5.13 Å². The van der Waals surface area contributed by atoms with Crippen molar-refractivity contribution in [3.05, 3.63) is 39.4 Å². The summed E-state index contributed by atoms with van der Waals surface area (Å²) in [6.45, 7) is 0. The van der Waals surface area contributed by atoms with E-state index in [-0.39, 0.29) is 18.3 Å². The van der Waals surface area contributed by atoms with Crippen LogP contribution in [-0.4, -0.2) is 10.9 Å². The Morgan fingerprint density at radius 2 is 2.05 bits per heavy atom. The highest BCUT2D eigenvalue weighted by Gasteiger charge is 2.17. The van der Waals surface area contributed by atoms with Gasteiger partial charge in [0.2, 0.25) is 0 Å². The number of aromatic nitrogens is 1. The fourth-order valence-electron chi connectivity index (χ4n) is 2.46. The van der Waals surface area contributed by atoms with Crippen molar-refractivity contribution in [2.75, 3.05) is 11.1 Å². The smallest absolute Gasteiger partial charge is 0.258 e. The monoisotopic (exact) mass is 357 g/mol. The van der Waals surface area contributed by atoms with Crippen LogP contribution in [0.5, 0.6) is 0 Å². The molecule has 3 rings (SSSR count). The number of fused-ring (bicyclic) bond motifs is 1. The van der Waals surface area contributed by atoms with Crippen molar-refractivity contribution >= 4 is 52.1 Å². The SMILES string of the molecule is Cl.Nc1ccc(C(=O)Nc2nc3c(s2)CCCCC3)c(Cl)c1. The third kappa shape index (κ3) is 3.72. The summed E-state index contributed by atoms with van der Waals surface area (Å²) in [7, 11) is 0. The van der Waals surface area contributed by atoms with Gasteiger partial charge in [-0.25, -0.2) is 4.98 Å². The lowest BCUT2D eigenvalue weighted by Gasteiger charge is -2.04. The normalized spacial score (nSPS) is 13.7. The molecule has 0 radical (unpaired) electrons. The number of halogens is 2. The Labute approximate surface area is 144 Å². The second-order valence-corrected chi connectivity index (χ2v) is 6.63. The van der Waals surface area contributed by atoms with Crippen LogP contribution >= 0.6 is 35.3 Å². The number of anilines is 2. The molecule has 0 saturated heterocycles. The van der Waals surface area contributed by atoms with Gasteiger partial charge in [-0.05, 0) is 43.9 Å². The summed E-state index contributed by atoms with van der Waals surface area (Å²) in [6, 6.07) is 4.87. The minimum atomic E-state index is -0.246. The number of benzene rings is 1. The molecule has 1 aromatic carbocycles. The molecule has 1 aromatic heterocycles. The molecule has 0 atom stereocenters. The number of carbonyl (C=O) groups is 1. The van der Waals surface area contributed by atoms with E-state index in [2.05, 4.69) is 10.3 Å². The number of nitrogens with one attached hydrogen (secondary N) is 1. The van der Waals surface area contributed by atoms with Crippen molar-refractivity contribution in [2.45, 2.75) is 32.1 Å². The number of carbonyl (C=O) groups excluding carboxylic acids is 1. The molecule has 118 valence electrons. The molecular weight excluding hydrogens is 341 g/mol. The molecular formula is C15H17Cl2N3OS. The molecule has 7 heteroatoms. The van der Waals surface area contributed by atoms with Gasteiger partial charge in [-0.3, -0.25) is 10.1 Å². The highest BCUT2D eigenvalue weighted by atomic mass is 35.5. The van der Waals surface area contributed by atoms with Gasteiger partial charge in [0.1, 0.15) is 0 Å². The summed E-state index contributed by atoms with van der Waals surface area (Å²) in [4.78, 5) is 18.1. The van der Waals surface area contributed by atoms with Gasteiger partial charge < -0.3 is 5.73 Å². The lowest BCUT2D eigenvalue weighted by atomic mass is 10.2. The third-order valence-corrected chi connectivity index (χ3v) is 4.94. The first-order valence-electron chi connectivity index (χ1n) is 6.98. The van der Waals surface area contributed by atoms with Gasteiger partial charge >= 0.3 is 0 Å². The highest BCUT2D eigenvalue weighted by molar-refractivity contribution is 7.15. The molecule has 0 fully saturated rings. The van der Waals surface area contributed by atoms with Crippen LogP contribution in [0.2, 0.25) is 5.02 Å². The molecule has 0 saturated carbocycles. The van der Waals surface area contributed by atoms with E-state index >= 15 is 0 Å². The van der Waals surface area contributed by atoms with Crippen molar-refractivity contribution in [3.8, 4) is 0 Å². The number of hydrogen-bond acceptors (Lipinski definition) is 4. The molecule has 1 aliphatic rings. The Morgan fingerprint density at radius 1 is 1.27 bits per heavy atom. The molecule has 1 heterocycles. The van der Waals surface area contributed by atoms with Gasteiger partial charge in [-0.2, -0.15) is 0 Å². The predicted octanol–water partition coefficient (Wildman–Crippen LogP) is 4.32. The molecule has 0 bridgehead atoms. The van der Waals surface area contributed by atoms with E-state index in [1.807, 2.05) is 0 Å². The number of hydrogen-bond donors (Lipinski definition) is 2. The molecule has 4 nitrogen and oxygen atoms in total. The Bertz CT molecular complexity index is 664. The zero-order valence-electron chi connectivity index (χ0n) is 11.9. The van der Waals surface area contributed by atoms with Crippen LogP contribution in [0.3, 0.4) is 0 Å². The first-order valence-corrected chi connectivity index (χ1v) is 8.18. The van der Waals surface area contributed by atoms with Crippen LogP contribution in [0.25, 0.3) is 0 Å². The number of rotatable bonds is 2. The molecule has 1 aliphatic carbocycles. The Morgan fingerprint density at radius 3 is 2.82 bits per heavy atom. The Balaban J connectivity index is 0.00000176. The molecule has 0 aliphatic heterocycles. The first-order chi connectivity index (χ1) is 10.1. The maximum absolute atomic E-state index is 12.3. The van der Waals surface area contributed by atoms with Crippen LogP contribution in [0.1, 0.15) is 40.2 Å². The number of thiazole rings is 1. The number of nitrogens with two attached hydrogens (primary N) is 1. The van der Waals surface area contributed by atoms with Crippen molar-refractivity contribution in [2.24, 2.45) is 0 Å². The predicted molar refractivity (Wildman–Crippen MR) is 94.4 cm³/mol. The van der Waals surface area contributed by atoms with Crippen molar-refractivity contribution in [1.29, 1.82) is 0 Å². The highest BCUT2D eigenvalue weighted by Crippen LogP contribution is 2.29. The number of amides is 1. The van der Waals surface area contributed by atoms with Gasteiger partial charge in [0.25, 0.3) is 5.91 Å². The average Bonchev–Trinajstić information content (AvgIpc) is 2.67. The summed E-state index contributed by atoms with van der Waals surface area (Å²) < 4.78 is 0. The van der Waals surface area contributed by atoms with Crippen LogP contribution in [-0.2, 0) is 12.8 Å². The zero-order chi connectivity index (χ0) is 14.8. The third-order valence-electron chi connectivity index (χ3n) is 3.55. The summed E-state index contributed by atoms with van der Waals surface area (Å²) in [6.07, 6.45) is 5.70. The molecule has 3 N–H and O–H groups in total. The quantitative estimate of drug-likeness (QED) is 0.621. The van der Waals surface area contributed by atoms with Gasteiger partial charge in [-0.15, -0.1) is 23.7 Å². The van der Waals surface area contributed by atoms with Crippen LogP contribution in [0.15, 0.2) is 18.2 Å². The zero-order valence-corrected chi connectivity index (χ0v) is 14.3. The van der Waals surface area contributed by atoms with Crippen LogP contribution in [0, 0.1) is 0 Å². The first kappa shape index (κ1) is 17.1. The van der Waals surface area contributed by atoms with Crippen molar-refractivity contribution < 1.29 is 4.79 Å². The van der Waals surface area contributed by atoms with E-state index in [1.165, 1.54) is 24.1 Å². The molecule has 2 aromatic rings. The lowest BCUT2D eigenvalue weighted by Crippen LogP contribution is -2.12. The number of nitrogens with zero attached hydrogens (tertiary/aromatic N) is 1. The van der Waals surface area contributed by atoms with E-state index in [0.717, 1.165) is 18.5 Å². The molecule has 1 amide bonds. The van der Waals surface area contributed by atoms with Gasteiger partial charge in [0, 0.05) is 10.6 Å². The van der Waals surface area contributed by atoms with Crippen LogP contribution in [0.4, 0.5) is 10.8 Å². The average molecular weight is 358 g/mol. The molecule has 0 spiro atoms. The number of nitrogen functional groups attached to an aromatic ring is 1. The van der Waals surface area contributed by atoms with Crippen molar-refractivity contribution in [3.63, 3.8) is 0 Å². The minimum Gasteiger partial charge on any atom is -0.399 e. The maximum Gasteiger partial charge on any atom is 0.258 e. The van der Waals surface area contributed by atoms with Crippen molar-refractivity contribution in [1.82, 2.24) is 4.98 Å². The van der Waals surface area contributed by atoms with E-state index in [0.29, 0.717) is 21.4 Å². The summed E-state index contributed by atoms with van der Waals surface area (Å²) >= 11 is 7.63. The van der Waals surface area contributed by atoms with E-state index < -0.39 is 0 Å². The fraction of sp³-hybridized carbons (Fsp3) is 0.333. The largest absolute Gasteiger partial charge is 0.399 e. The van der Waals surface area contributed by atoms with E-state index in [1.54, 1.807) is 29.5 Å². The Kier molecular flexibility index (Phi) is 5.67. The lowest BCUT2D eigenvalue weighted by molar-refractivity contribution is 0.102. The van der Waals surface area contributed by atoms with Gasteiger partial charge in [0.05, 0.1) is 16.3 Å². The molecule has 22 heavy (non-hydrogen) atoms. The Hall–Kier alpha value is -1.30. The van der Waals surface area contributed by atoms with E-state index in [4.69, 9.17) is 17.3 Å². The fourth-order valence-corrected chi connectivity index (χ4v) is 3.78. The molecule has 0 unspecified atom stereocenters. The number of aryl methyl sites for hydroxylation is 2. The summed E-state index contributed by atoms with van der Waals surface area (Å²) in [5.74, 6) is -0.246. The second-order valence-electron chi connectivity index (χ2n) is 5.14. The second kappa shape index (κ2) is 7.31. The summed E-state index contributed by atoms with van der Waals surface area (Å²) in [5, 5.41) is 3.84. The van der Waals surface area contributed by atoms with E-state index in [9.17, 15) is 4.79 Å². The standard InChI is InChI=1S/C15H16ClN3OS.ClH/c16-11-8-9(17)6-7-10(11)14(20)19-15-18-12-4-2-1-3-5-13(12)21-15;/h6-8H,1-5,17H2,(H,18,19,20);1H.